The number of hydrogen-bond acceptors (Lipinski definition) is 4. The standard InChI is InChI=1S/C25H25F2N3O4/c26-25(27)9-8-18(19(15-25)24(32)33)22-21(20-3-1-2-10-30(20)28-22)16-4-6-17(7-5-16)23(31)29-11-13-34-14-12-29/h1-7,10,18-19H,8-9,11-15H2,(H,32,33)/t18-,19-/m1/s1. The SMILES string of the molecule is O=C(O)[C@@H]1CC(F)(F)CC[C@H]1c1nn2ccccc2c1-c1ccc(C(=O)N2CCOCC2)cc1. The number of aliphatic carboxylic acids is 1. The maximum absolute atomic E-state index is 14.1. The number of carbonyl (C=O) groups excluding carboxylic acids is 1. The third-order valence-corrected chi connectivity index (χ3v) is 6.78. The predicted octanol–water partition coefficient (Wildman–Crippen LogP) is 4.08. The largest absolute Gasteiger partial charge is 0.481 e. The highest BCUT2D eigenvalue weighted by molar-refractivity contribution is 5.95. The first kappa shape index (κ1) is 22.5. The molecule has 5 rings (SSSR count). The molecule has 2 fully saturated rings. The Balaban J connectivity index is 1.54. The molecule has 0 radical (unpaired) electrons. The lowest BCUT2D eigenvalue weighted by Crippen LogP contribution is -2.40. The quantitative estimate of drug-likeness (QED) is 0.623. The number of morpholine rings is 1. The lowest BCUT2D eigenvalue weighted by Gasteiger charge is -2.33. The number of hydrogen-bond donors (Lipinski definition) is 1. The van der Waals surface area contributed by atoms with Gasteiger partial charge in [0.05, 0.1) is 30.3 Å². The Morgan fingerprint density at radius 2 is 1.82 bits per heavy atom. The fourth-order valence-electron chi connectivity index (χ4n) is 5.02. The molecule has 3 aromatic rings. The molecule has 2 atom stereocenters. The van der Waals surface area contributed by atoms with Crippen molar-refractivity contribution in [2.75, 3.05) is 26.3 Å². The summed E-state index contributed by atoms with van der Waals surface area (Å²) in [6.07, 6.45) is 0.718. The molecule has 34 heavy (non-hydrogen) atoms. The molecule has 1 aliphatic carbocycles. The second-order valence-corrected chi connectivity index (χ2v) is 8.92. The molecule has 1 saturated heterocycles. The van der Waals surface area contributed by atoms with Gasteiger partial charge in [0, 0.05) is 49.2 Å². The van der Waals surface area contributed by atoms with Crippen LogP contribution >= 0.6 is 0 Å². The van der Waals surface area contributed by atoms with Gasteiger partial charge in [0.25, 0.3) is 5.91 Å². The fourth-order valence-corrected chi connectivity index (χ4v) is 5.02. The Hall–Kier alpha value is -3.33. The zero-order valence-corrected chi connectivity index (χ0v) is 18.5. The summed E-state index contributed by atoms with van der Waals surface area (Å²) in [4.78, 5) is 26.5. The summed E-state index contributed by atoms with van der Waals surface area (Å²) in [5.74, 6) is -6.18. The van der Waals surface area contributed by atoms with Crippen LogP contribution in [0.4, 0.5) is 8.78 Å². The second kappa shape index (κ2) is 8.79. The van der Waals surface area contributed by atoms with Crippen molar-refractivity contribution in [1.82, 2.24) is 14.5 Å². The third kappa shape index (κ3) is 4.16. The van der Waals surface area contributed by atoms with Gasteiger partial charge in [0.15, 0.2) is 0 Å². The van der Waals surface area contributed by atoms with E-state index in [1.165, 1.54) is 0 Å². The van der Waals surface area contributed by atoms with Gasteiger partial charge in [0.2, 0.25) is 5.92 Å². The number of carbonyl (C=O) groups is 2. The molecular formula is C25H25F2N3O4. The first-order chi connectivity index (χ1) is 16.3. The average molecular weight is 469 g/mol. The highest BCUT2D eigenvalue weighted by Crippen LogP contribution is 2.47. The smallest absolute Gasteiger partial charge is 0.307 e. The average Bonchev–Trinajstić information content (AvgIpc) is 3.23. The van der Waals surface area contributed by atoms with Gasteiger partial charge < -0.3 is 14.7 Å². The molecule has 178 valence electrons. The number of fused-ring (bicyclic) bond motifs is 1. The van der Waals surface area contributed by atoms with Crippen molar-refractivity contribution in [1.29, 1.82) is 0 Å². The maximum Gasteiger partial charge on any atom is 0.307 e. The number of carboxylic acid groups (broad SMARTS) is 1. The number of halogens is 2. The molecule has 1 aromatic carbocycles. The van der Waals surface area contributed by atoms with Crippen molar-refractivity contribution in [3.05, 3.63) is 59.9 Å². The molecule has 2 aromatic heterocycles. The van der Waals surface area contributed by atoms with Crippen molar-refractivity contribution in [2.24, 2.45) is 5.92 Å². The second-order valence-electron chi connectivity index (χ2n) is 8.92. The van der Waals surface area contributed by atoms with Crippen molar-refractivity contribution in [3.63, 3.8) is 0 Å². The van der Waals surface area contributed by atoms with E-state index >= 15 is 0 Å². The summed E-state index contributed by atoms with van der Waals surface area (Å²) in [7, 11) is 0. The van der Waals surface area contributed by atoms with Crippen molar-refractivity contribution in [2.45, 2.75) is 31.1 Å². The van der Waals surface area contributed by atoms with Crippen LogP contribution < -0.4 is 0 Å². The predicted molar refractivity (Wildman–Crippen MR) is 120 cm³/mol. The minimum absolute atomic E-state index is 0.0362. The van der Waals surface area contributed by atoms with Crippen LogP contribution in [0.1, 0.15) is 41.2 Å². The van der Waals surface area contributed by atoms with Crippen LogP contribution in [0.2, 0.25) is 0 Å². The number of rotatable bonds is 4. The Kier molecular flexibility index (Phi) is 5.81. The fraction of sp³-hybridized carbons (Fsp3) is 0.400. The number of pyridine rings is 1. The number of aromatic nitrogens is 2. The van der Waals surface area contributed by atoms with E-state index in [0.29, 0.717) is 43.1 Å². The Labute approximate surface area is 194 Å². The summed E-state index contributed by atoms with van der Waals surface area (Å²) < 4.78 is 35.1. The van der Waals surface area contributed by atoms with Crippen molar-refractivity contribution in [3.8, 4) is 11.1 Å². The topological polar surface area (TPSA) is 84.1 Å². The van der Waals surface area contributed by atoms with Gasteiger partial charge in [-0.1, -0.05) is 18.2 Å². The zero-order chi connectivity index (χ0) is 23.9. The summed E-state index contributed by atoms with van der Waals surface area (Å²) in [5.41, 5.74) is 3.28. The van der Waals surface area contributed by atoms with E-state index in [4.69, 9.17) is 4.74 Å². The first-order valence-electron chi connectivity index (χ1n) is 11.4. The van der Waals surface area contributed by atoms with Crippen molar-refractivity contribution >= 4 is 17.4 Å². The molecule has 0 bridgehead atoms. The van der Waals surface area contributed by atoms with Crippen molar-refractivity contribution < 1.29 is 28.2 Å². The van der Waals surface area contributed by atoms with Gasteiger partial charge in [-0.2, -0.15) is 5.10 Å². The van der Waals surface area contributed by atoms with Gasteiger partial charge in [-0.25, -0.2) is 13.3 Å². The van der Waals surface area contributed by atoms with Gasteiger partial charge in [-0.05, 0) is 36.2 Å². The number of amides is 1. The molecule has 7 nitrogen and oxygen atoms in total. The Morgan fingerprint density at radius 1 is 1.09 bits per heavy atom. The van der Waals surface area contributed by atoms with Crippen LogP contribution in [0.3, 0.4) is 0 Å². The van der Waals surface area contributed by atoms with E-state index in [1.807, 2.05) is 24.3 Å². The monoisotopic (exact) mass is 469 g/mol. The van der Waals surface area contributed by atoms with Crippen LogP contribution in [-0.2, 0) is 9.53 Å². The Bertz CT molecular complexity index is 1220. The number of nitrogens with zero attached hydrogens (tertiary/aromatic N) is 3. The Morgan fingerprint density at radius 3 is 2.53 bits per heavy atom. The first-order valence-corrected chi connectivity index (χ1v) is 11.4. The van der Waals surface area contributed by atoms with E-state index in [2.05, 4.69) is 5.10 Å². The molecule has 2 aliphatic rings. The van der Waals surface area contributed by atoms with E-state index in [0.717, 1.165) is 11.1 Å². The van der Waals surface area contributed by atoms with Crippen LogP contribution in [-0.4, -0.2) is 63.7 Å². The molecule has 0 unspecified atom stereocenters. The van der Waals surface area contributed by atoms with Crippen LogP contribution in [0.15, 0.2) is 48.7 Å². The van der Waals surface area contributed by atoms with E-state index < -0.39 is 30.1 Å². The summed E-state index contributed by atoms with van der Waals surface area (Å²) in [6, 6.07) is 12.6. The van der Waals surface area contributed by atoms with Gasteiger partial charge in [0.1, 0.15) is 0 Å². The van der Waals surface area contributed by atoms with Crippen LogP contribution in [0, 0.1) is 5.92 Å². The summed E-state index contributed by atoms with van der Waals surface area (Å²) in [6.45, 7) is 2.12. The minimum atomic E-state index is -3.00. The van der Waals surface area contributed by atoms with Gasteiger partial charge in [-0.15, -0.1) is 0 Å². The molecular weight excluding hydrogens is 444 g/mol. The van der Waals surface area contributed by atoms with Gasteiger partial charge in [-0.3, -0.25) is 9.59 Å². The molecule has 3 heterocycles. The molecule has 1 aliphatic heterocycles. The molecule has 9 heteroatoms. The van der Waals surface area contributed by atoms with Crippen LogP contribution in [0.5, 0.6) is 0 Å². The summed E-state index contributed by atoms with van der Waals surface area (Å²) >= 11 is 0. The van der Waals surface area contributed by atoms with Crippen LogP contribution in [0.25, 0.3) is 16.6 Å². The van der Waals surface area contributed by atoms with E-state index in [9.17, 15) is 23.5 Å². The number of ether oxygens (including phenoxy) is 1. The molecule has 1 saturated carbocycles. The molecule has 1 N–H and O–H groups in total. The van der Waals surface area contributed by atoms with E-state index in [1.54, 1.807) is 33.8 Å². The molecule has 1 amide bonds. The zero-order valence-electron chi connectivity index (χ0n) is 18.5. The minimum Gasteiger partial charge on any atom is -0.481 e. The van der Waals surface area contributed by atoms with Gasteiger partial charge >= 0.3 is 5.97 Å². The lowest BCUT2D eigenvalue weighted by molar-refractivity contribution is -0.150. The van der Waals surface area contributed by atoms with E-state index in [-0.39, 0.29) is 18.7 Å². The lowest BCUT2D eigenvalue weighted by atomic mass is 9.74. The highest BCUT2D eigenvalue weighted by Gasteiger charge is 2.46. The number of carboxylic acids is 1. The number of alkyl halides is 2. The summed E-state index contributed by atoms with van der Waals surface area (Å²) in [5, 5.41) is 14.4. The molecule has 0 spiro atoms. The highest BCUT2D eigenvalue weighted by atomic mass is 19.3. The maximum atomic E-state index is 14.1. The normalized spacial score (nSPS) is 22.6. The third-order valence-electron chi connectivity index (χ3n) is 6.78. The number of benzene rings is 1.